The fourth-order valence-corrected chi connectivity index (χ4v) is 3.26. The Labute approximate surface area is 195 Å². The number of alkyl halides is 3. The number of carboxylic acid groups (broad SMARTS) is 1. The predicted molar refractivity (Wildman–Crippen MR) is 113 cm³/mol. The number of phenols is 1. The van der Waals surface area contributed by atoms with Crippen LogP contribution in [-0.4, -0.2) is 37.7 Å². The van der Waals surface area contributed by atoms with Crippen molar-refractivity contribution in [3.63, 3.8) is 0 Å². The number of phenolic OH excluding ortho intramolecular Hbond substituents is 1. The zero-order valence-corrected chi connectivity index (χ0v) is 18.7. The maximum absolute atomic E-state index is 12.5. The lowest BCUT2D eigenvalue weighted by molar-refractivity contribution is -0.676. The summed E-state index contributed by atoms with van der Waals surface area (Å²) in [5.74, 6) is -2.55. The number of halogens is 4. The maximum atomic E-state index is 12.5. The summed E-state index contributed by atoms with van der Waals surface area (Å²) in [6.07, 6.45) is -5.19. The summed E-state index contributed by atoms with van der Waals surface area (Å²) in [5.41, 5.74) is 13.1. The summed E-state index contributed by atoms with van der Waals surface area (Å²) in [5, 5.41) is 21.3. The van der Waals surface area contributed by atoms with Crippen molar-refractivity contribution in [2.45, 2.75) is 39.7 Å². The zero-order valence-electron chi connectivity index (χ0n) is 18.0. The monoisotopic (exact) mass is 503 g/mol. The topological polar surface area (TPSA) is 176 Å². The minimum absolute atomic E-state index is 0.0274. The van der Waals surface area contributed by atoms with Crippen LogP contribution in [0.25, 0.3) is 11.0 Å². The standard InChI is InChI=1S/C17H20ClN7O2.C2HF3O2/c1-3-24-10-6-5-9(26)7-11(10)25(4-2)12(24)8-21-17(27)13-15(19)23-16(20)14(18)22-13;3-2(4,5)1(6)7/h5-7H,3-4,8H2,1-2H3,(H5-,19,20,21,23,26,27);(H,6,7). The molecule has 11 nitrogen and oxygen atoms in total. The van der Waals surface area contributed by atoms with Crippen LogP contribution in [0.15, 0.2) is 18.2 Å². The number of nitrogens with one attached hydrogen (secondary N) is 1. The lowest BCUT2D eigenvalue weighted by atomic mass is 10.3. The molecule has 1 amide bonds. The molecule has 0 fully saturated rings. The molecule has 6 N–H and O–H groups in total. The smallest absolute Gasteiger partial charge is 0.430 e. The van der Waals surface area contributed by atoms with E-state index >= 15 is 0 Å². The summed E-state index contributed by atoms with van der Waals surface area (Å²) >= 11 is 5.84. The number of aromatic hydroxyl groups is 1. The van der Waals surface area contributed by atoms with E-state index in [9.17, 15) is 23.1 Å². The number of amides is 1. The number of benzene rings is 1. The van der Waals surface area contributed by atoms with Crippen molar-refractivity contribution in [3.05, 3.63) is 34.9 Å². The zero-order chi connectivity index (χ0) is 25.8. The number of fused-ring (bicyclic) bond motifs is 1. The molecule has 34 heavy (non-hydrogen) atoms. The summed E-state index contributed by atoms with van der Waals surface area (Å²) in [4.78, 5) is 29.0. The Hall–Kier alpha value is -3.81. The number of carbonyl (C=O) groups excluding carboxylic acids is 2. The number of hydrogen-bond donors (Lipinski definition) is 4. The van der Waals surface area contributed by atoms with E-state index in [1.807, 2.05) is 24.5 Å². The number of aryl methyl sites for hydroxylation is 2. The van der Waals surface area contributed by atoms with Gasteiger partial charge >= 0.3 is 6.18 Å². The van der Waals surface area contributed by atoms with Crippen LogP contribution in [0.4, 0.5) is 24.8 Å². The lowest BCUT2D eigenvalue weighted by Gasteiger charge is -2.08. The Balaban J connectivity index is 0.000000509. The molecular formula is C19H21ClF3N7O4. The van der Waals surface area contributed by atoms with Crippen LogP contribution < -0.4 is 26.5 Å². The Kier molecular flexibility index (Phi) is 8.10. The fourth-order valence-electron chi connectivity index (χ4n) is 3.13. The highest BCUT2D eigenvalue weighted by atomic mass is 35.5. The summed E-state index contributed by atoms with van der Waals surface area (Å²) in [7, 11) is 0. The molecule has 1 aromatic carbocycles. The summed E-state index contributed by atoms with van der Waals surface area (Å²) in [6.45, 7) is 5.63. The number of carboxylic acids is 1. The van der Waals surface area contributed by atoms with E-state index in [2.05, 4.69) is 19.9 Å². The van der Waals surface area contributed by atoms with Gasteiger partial charge in [0.05, 0.1) is 13.1 Å². The third-order valence-electron chi connectivity index (χ3n) is 4.55. The Morgan fingerprint density at radius 1 is 1.24 bits per heavy atom. The largest absolute Gasteiger partial charge is 0.542 e. The molecule has 0 saturated carbocycles. The van der Waals surface area contributed by atoms with Crippen LogP contribution in [0.1, 0.15) is 30.2 Å². The first-order valence-corrected chi connectivity index (χ1v) is 10.1. The second-order valence-corrected chi connectivity index (χ2v) is 7.04. The molecule has 0 unspecified atom stereocenters. The second-order valence-electron chi connectivity index (χ2n) is 6.68. The van der Waals surface area contributed by atoms with Crippen molar-refractivity contribution in [2.75, 3.05) is 11.5 Å². The van der Waals surface area contributed by atoms with Crippen LogP contribution >= 0.6 is 11.6 Å². The van der Waals surface area contributed by atoms with E-state index < -0.39 is 18.1 Å². The van der Waals surface area contributed by atoms with Crippen LogP contribution in [0.2, 0.25) is 5.15 Å². The van der Waals surface area contributed by atoms with Crippen molar-refractivity contribution < 1.29 is 37.5 Å². The quantitative estimate of drug-likeness (QED) is 0.364. The van der Waals surface area contributed by atoms with Gasteiger partial charge in [-0.2, -0.15) is 13.2 Å². The lowest BCUT2D eigenvalue weighted by Crippen LogP contribution is -2.40. The van der Waals surface area contributed by atoms with Crippen molar-refractivity contribution in [3.8, 4) is 5.75 Å². The van der Waals surface area contributed by atoms with Crippen molar-refractivity contribution in [1.82, 2.24) is 19.9 Å². The summed E-state index contributed by atoms with van der Waals surface area (Å²) < 4.78 is 35.7. The number of anilines is 2. The normalized spacial score (nSPS) is 11.1. The molecule has 0 aliphatic rings. The number of aromatic nitrogens is 4. The molecular weight excluding hydrogens is 483 g/mol. The van der Waals surface area contributed by atoms with Crippen LogP contribution in [0.3, 0.4) is 0 Å². The van der Waals surface area contributed by atoms with E-state index in [0.29, 0.717) is 13.1 Å². The van der Waals surface area contributed by atoms with Crippen LogP contribution in [0, 0.1) is 0 Å². The van der Waals surface area contributed by atoms with Crippen LogP contribution in [0.5, 0.6) is 5.75 Å². The van der Waals surface area contributed by atoms with Crippen molar-refractivity contribution >= 4 is 46.1 Å². The first-order valence-electron chi connectivity index (χ1n) is 9.70. The Morgan fingerprint density at radius 3 is 2.38 bits per heavy atom. The molecule has 0 spiro atoms. The number of aliphatic carboxylic acids is 1. The molecule has 0 radical (unpaired) electrons. The molecule has 0 saturated heterocycles. The van der Waals surface area contributed by atoms with Gasteiger partial charge in [0, 0.05) is 6.07 Å². The molecule has 15 heteroatoms. The number of hydrogen-bond acceptors (Lipinski definition) is 8. The number of rotatable bonds is 5. The van der Waals surface area contributed by atoms with E-state index in [4.69, 9.17) is 33.0 Å². The fraction of sp³-hybridized carbons (Fsp3) is 0.316. The second kappa shape index (κ2) is 10.4. The maximum Gasteiger partial charge on any atom is 0.430 e. The van der Waals surface area contributed by atoms with Crippen LogP contribution in [-0.2, 0) is 24.4 Å². The van der Waals surface area contributed by atoms with Gasteiger partial charge in [0.15, 0.2) is 33.5 Å². The highest BCUT2D eigenvalue weighted by Gasteiger charge is 2.29. The number of imidazole rings is 1. The molecule has 0 aliphatic carbocycles. The molecule has 0 aliphatic heterocycles. The van der Waals surface area contributed by atoms with E-state index in [0.717, 1.165) is 16.9 Å². The Morgan fingerprint density at radius 2 is 1.85 bits per heavy atom. The number of nitrogens with zero attached hydrogens (tertiary/aromatic N) is 4. The van der Waals surface area contributed by atoms with Gasteiger partial charge in [-0.05, 0) is 26.0 Å². The highest BCUT2D eigenvalue weighted by molar-refractivity contribution is 6.31. The van der Waals surface area contributed by atoms with E-state index in [1.54, 1.807) is 12.1 Å². The van der Waals surface area contributed by atoms with Gasteiger partial charge in [-0.15, -0.1) is 0 Å². The Bertz CT molecular complexity index is 1230. The molecule has 2 aromatic heterocycles. The highest BCUT2D eigenvalue weighted by Crippen LogP contribution is 2.21. The molecule has 184 valence electrons. The third-order valence-corrected chi connectivity index (χ3v) is 4.83. The first kappa shape index (κ1) is 26.4. The minimum Gasteiger partial charge on any atom is -0.542 e. The van der Waals surface area contributed by atoms with Gasteiger partial charge in [0.1, 0.15) is 18.3 Å². The first-order chi connectivity index (χ1) is 15.8. The molecule has 2 heterocycles. The SMILES string of the molecule is CCn1c(CNC(=O)c2nc(Cl)c(N)nc2N)[n+](CC)c2ccc(O)cc21.O=C([O-])C(F)(F)F. The van der Waals surface area contributed by atoms with Gasteiger partial charge in [-0.1, -0.05) is 11.6 Å². The molecule has 0 bridgehead atoms. The van der Waals surface area contributed by atoms with E-state index in [1.165, 1.54) is 0 Å². The average Bonchev–Trinajstić information content (AvgIpc) is 3.05. The van der Waals surface area contributed by atoms with Crippen molar-refractivity contribution in [2.24, 2.45) is 0 Å². The van der Waals surface area contributed by atoms with Crippen molar-refractivity contribution in [1.29, 1.82) is 0 Å². The minimum atomic E-state index is -5.19. The van der Waals surface area contributed by atoms with Gasteiger partial charge in [0.25, 0.3) is 11.7 Å². The van der Waals surface area contributed by atoms with Gasteiger partial charge in [-0.3, -0.25) is 4.79 Å². The predicted octanol–water partition coefficient (Wildman–Crippen LogP) is 0.511. The van der Waals surface area contributed by atoms with Gasteiger partial charge in [-0.25, -0.2) is 19.1 Å². The number of nitrogens with two attached hydrogens (primary N) is 2. The number of nitrogen functional groups attached to an aromatic ring is 2. The van der Waals surface area contributed by atoms with Gasteiger partial charge < -0.3 is 31.8 Å². The molecule has 3 aromatic rings. The van der Waals surface area contributed by atoms with E-state index in [-0.39, 0.29) is 34.8 Å². The molecule has 0 atom stereocenters. The molecule has 3 rings (SSSR count). The van der Waals surface area contributed by atoms with Gasteiger partial charge in [0.2, 0.25) is 0 Å². The third kappa shape index (κ3) is 5.75. The number of carbonyl (C=O) groups is 2. The average molecular weight is 504 g/mol. The summed E-state index contributed by atoms with van der Waals surface area (Å²) in [6, 6.07) is 5.21.